The maximum Gasteiger partial charge on any atom is 0.333 e. The van der Waals surface area contributed by atoms with Crippen molar-refractivity contribution in [2.75, 3.05) is 32.3 Å². The maximum absolute atomic E-state index is 11.8. The van der Waals surface area contributed by atoms with Crippen LogP contribution in [-0.2, 0) is 19.1 Å². The number of ether oxygens (including phenoxy) is 2. The molecule has 1 amide bonds. The number of thioether (sulfide) groups is 1. The summed E-state index contributed by atoms with van der Waals surface area (Å²) >= 11 is 1.45. The van der Waals surface area contributed by atoms with E-state index in [0.717, 1.165) is 5.75 Å². The van der Waals surface area contributed by atoms with Gasteiger partial charge in [-0.25, -0.2) is 4.79 Å². The first-order valence-corrected chi connectivity index (χ1v) is 7.33. The molecule has 1 atom stereocenters. The quantitative estimate of drug-likeness (QED) is 0.580. The molecule has 1 aromatic rings. The van der Waals surface area contributed by atoms with Gasteiger partial charge in [-0.3, -0.25) is 4.79 Å². The first-order valence-electron chi connectivity index (χ1n) is 6.18. The summed E-state index contributed by atoms with van der Waals surface area (Å²) < 4.78 is 9.63. The van der Waals surface area contributed by atoms with Gasteiger partial charge in [0.25, 0.3) is 0 Å². The highest BCUT2D eigenvalue weighted by molar-refractivity contribution is 7.99. The number of amides is 1. The zero-order valence-electron chi connectivity index (χ0n) is 11.6. The van der Waals surface area contributed by atoms with Gasteiger partial charge >= 0.3 is 5.97 Å². The van der Waals surface area contributed by atoms with Crippen molar-refractivity contribution < 1.29 is 19.1 Å². The lowest BCUT2D eigenvalue weighted by Gasteiger charge is -2.16. The van der Waals surface area contributed by atoms with Crippen LogP contribution in [0.3, 0.4) is 0 Å². The lowest BCUT2D eigenvalue weighted by atomic mass is 10.1. The number of hydrogen-bond donors (Lipinski definition) is 1. The van der Waals surface area contributed by atoms with Crippen LogP contribution in [-0.4, -0.2) is 44.2 Å². The minimum Gasteiger partial charge on any atom is -0.467 e. The second-order valence-electron chi connectivity index (χ2n) is 3.98. The van der Waals surface area contributed by atoms with Crippen LogP contribution in [0.5, 0.6) is 0 Å². The Hall–Kier alpha value is -1.53. The second kappa shape index (κ2) is 9.39. The third-order valence-electron chi connectivity index (χ3n) is 2.54. The molecule has 1 rings (SSSR count). The molecule has 0 fully saturated rings. The third kappa shape index (κ3) is 5.63. The molecular weight excluding hydrogens is 278 g/mol. The van der Waals surface area contributed by atoms with Gasteiger partial charge in [-0.1, -0.05) is 30.3 Å². The van der Waals surface area contributed by atoms with Gasteiger partial charge in [-0.2, -0.15) is 0 Å². The summed E-state index contributed by atoms with van der Waals surface area (Å²) in [6.45, 7) is 0.594. The molecule has 1 aromatic carbocycles. The fourth-order valence-corrected chi connectivity index (χ4v) is 2.25. The Morgan fingerprint density at radius 2 is 1.95 bits per heavy atom. The number of carbonyl (C=O) groups is 2. The van der Waals surface area contributed by atoms with E-state index in [1.165, 1.54) is 18.9 Å². The average Bonchev–Trinajstić information content (AvgIpc) is 2.49. The van der Waals surface area contributed by atoms with Gasteiger partial charge in [0.1, 0.15) is 0 Å². The van der Waals surface area contributed by atoms with Crippen molar-refractivity contribution in [2.45, 2.75) is 6.04 Å². The number of benzene rings is 1. The van der Waals surface area contributed by atoms with Crippen molar-refractivity contribution in [3.05, 3.63) is 35.9 Å². The fourth-order valence-electron chi connectivity index (χ4n) is 1.55. The first-order chi connectivity index (χ1) is 9.69. The van der Waals surface area contributed by atoms with Crippen LogP contribution in [0.15, 0.2) is 30.3 Å². The Morgan fingerprint density at radius 3 is 2.55 bits per heavy atom. The van der Waals surface area contributed by atoms with E-state index in [0.29, 0.717) is 12.2 Å². The Bertz CT molecular complexity index is 424. The number of rotatable bonds is 8. The Morgan fingerprint density at radius 1 is 1.25 bits per heavy atom. The van der Waals surface area contributed by atoms with Gasteiger partial charge in [-0.05, 0) is 5.56 Å². The van der Waals surface area contributed by atoms with E-state index in [1.807, 2.05) is 18.2 Å². The van der Waals surface area contributed by atoms with Crippen LogP contribution in [0, 0.1) is 0 Å². The summed E-state index contributed by atoms with van der Waals surface area (Å²) in [5.74, 6) is 0.332. The van der Waals surface area contributed by atoms with Crippen LogP contribution < -0.4 is 5.32 Å². The molecular formula is C14H19NO4S. The molecule has 5 nitrogen and oxygen atoms in total. The predicted molar refractivity (Wildman–Crippen MR) is 78.5 cm³/mol. The maximum atomic E-state index is 11.8. The van der Waals surface area contributed by atoms with Crippen LogP contribution in [0.1, 0.15) is 11.6 Å². The van der Waals surface area contributed by atoms with E-state index >= 15 is 0 Å². The summed E-state index contributed by atoms with van der Waals surface area (Å²) in [7, 11) is 2.92. The number of esters is 1. The van der Waals surface area contributed by atoms with Crippen molar-refractivity contribution in [3.8, 4) is 0 Å². The molecule has 0 saturated heterocycles. The van der Waals surface area contributed by atoms with Crippen molar-refractivity contribution in [3.63, 3.8) is 0 Å². The smallest absolute Gasteiger partial charge is 0.333 e. The van der Waals surface area contributed by atoms with Crippen LogP contribution in [0.4, 0.5) is 0 Å². The molecule has 0 aliphatic rings. The molecule has 0 spiro atoms. The fraction of sp³-hybridized carbons (Fsp3) is 0.429. The van der Waals surface area contributed by atoms with Crippen molar-refractivity contribution in [1.82, 2.24) is 5.32 Å². The summed E-state index contributed by atoms with van der Waals surface area (Å²) in [6, 6.07) is 8.26. The molecule has 0 heterocycles. The van der Waals surface area contributed by atoms with Crippen molar-refractivity contribution in [2.24, 2.45) is 0 Å². The van der Waals surface area contributed by atoms with E-state index in [1.54, 1.807) is 19.2 Å². The van der Waals surface area contributed by atoms with E-state index < -0.39 is 12.0 Å². The standard InChI is InChI=1S/C14H19NO4S/c1-18-8-9-20-10-12(16)15-13(14(17)19-2)11-6-4-3-5-7-11/h3-7,13H,8-10H2,1-2H3,(H,15,16). The monoisotopic (exact) mass is 297 g/mol. The summed E-state index contributed by atoms with van der Waals surface area (Å²) in [6.07, 6.45) is 0. The van der Waals surface area contributed by atoms with Crippen molar-refractivity contribution in [1.29, 1.82) is 0 Å². The van der Waals surface area contributed by atoms with Gasteiger partial charge in [0, 0.05) is 12.9 Å². The zero-order chi connectivity index (χ0) is 14.8. The molecule has 0 radical (unpaired) electrons. The minimum atomic E-state index is -0.767. The van der Waals surface area contributed by atoms with Crippen LogP contribution in [0.25, 0.3) is 0 Å². The third-order valence-corrected chi connectivity index (χ3v) is 3.46. The minimum absolute atomic E-state index is 0.203. The number of hydrogen-bond acceptors (Lipinski definition) is 5. The van der Waals surface area contributed by atoms with Gasteiger partial charge < -0.3 is 14.8 Å². The Balaban J connectivity index is 2.58. The lowest BCUT2D eigenvalue weighted by molar-refractivity contribution is -0.145. The molecule has 0 aromatic heterocycles. The highest BCUT2D eigenvalue weighted by Crippen LogP contribution is 2.14. The number of carbonyl (C=O) groups excluding carboxylic acids is 2. The SMILES string of the molecule is COCCSCC(=O)NC(C(=O)OC)c1ccccc1. The second-order valence-corrected chi connectivity index (χ2v) is 5.08. The van der Waals surface area contributed by atoms with Crippen LogP contribution in [0.2, 0.25) is 0 Å². The normalized spacial score (nSPS) is 11.7. The number of nitrogens with one attached hydrogen (secondary N) is 1. The molecule has 6 heteroatoms. The van der Waals surface area contributed by atoms with Gasteiger partial charge in [0.2, 0.25) is 5.91 Å². The van der Waals surface area contributed by atoms with E-state index in [2.05, 4.69) is 5.32 Å². The van der Waals surface area contributed by atoms with E-state index in [4.69, 9.17) is 9.47 Å². The largest absolute Gasteiger partial charge is 0.467 e. The Kier molecular flexibility index (Phi) is 7.75. The molecule has 1 N–H and O–H groups in total. The topological polar surface area (TPSA) is 64.6 Å². The summed E-state index contributed by atoms with van der Waals surface area (Å²) in [4.78, 5) is 23.6. The molecule has 0 aliphatic heterocycles. The van der Waals surface area contributed by atoms with Gasteiger partial charge in [0.15, 0.2) is 6.04 Å². The Labute approximate surface area is 123 Å². The molecule has 0 aliphatic carbocycles. The molecule has 0 bridgehead atoms. The van der Waals surface area contributed by atoms with Gasteiger partial charge in [0.05, 0.1) is 19.5 Å². The number of methoxy groups -OCH3 is 2. The average molecular weight is 297 g/mol. The molecule has 0 saturated carbocycles. The summed E-state index contributed by atoms with van der Waals surface area (Å²) in [5.41, 5.74) is 0.703. The molecule has 110 valence electrons. The van der Waals surface area contributed by atoms with Gasteiger partial charge in [-0.15, -0.1) is 11.8 Å². The van der Waals surface area contributed by atoms with E-state index in [9.17, 15) is 9.59 Å². The lowest BCUT2D eigenvalue weighted by Crippen LogP contribution is -2.35. The highest BCUT2D eigenvalue weighted by atomic mass is 32.2. The predicted octanol–water partition coefficient (Wildman–Crippen LogP) is 1.40. The van der Waals surface area contributed by atoms with Crippen LogP contribution >= 0.6 is 11.8 Å². The highest BCUT2D eigenvalue weighted by Gasteiger charge is 2.22. The summed E-state index contributed by atoms with van der Waals surface area (Å²) in [5, 5.41) is 2.69. The van der Waals surface area contributed by atoms with E-state index in [-0.39, 0.29) is 11.7 Å². The zero-order valence-corrected chi connectivity index (χ0v) is 12.4. The molecule has 20 heavy (non-hydrogen) atoms. The first kappa shape index (κ1) is 16.5. The molecule has 1 unspecified atom stereocenters. The van der Waals surface area contributed by atoms with Crippen molar-refractivity contribution >= 4 is 23.6 Å².